The van der Waals surface area contributed by atoms with Gasteiger partial charge >= 0.3 is 11.9 Å². The maximum atomic E-state index is 10.5. The second-order valence-corrected chi connectivity index (χ2v) is 2.45. The summed E-state index contributed by atoms with van der Waals surface area (Å²) in [5, 5.41) is 17.1. The number of carboxylic acid groups (broad SMARTS) is 2. The Labute approximate surface area is 97.7 Å². The van der Waals surface area contributed by atoms with Crippen molar-refractivity contribution in [1.29, 1.82) is 0 Å². The highest BCUT2D eigenvalue weighted by Gasteiger charge is 2.09. The molecule has 0 aliphatic rings. The lowest BCUT2D eigenvalue weighted by Crippen LogP contribution is -2.03. The van der Waals surface area contributed by atoms with Crippen LogP contribution in [0, 0.1) is 0 Å². The van der Waals surface area contributed by atoms with Crippen LogP contribution >= 0.6 is 24.8 Å². The molecule has 0 spiro atoms. The van der Waals surface area contributed by atoms with Gasteiger partial charge in [0.15, 0.2) is 0 Å². The van der Waals surface area contributed by atoms with Crippen molar-refractivity contribution in [2.24, 2.45) is 0 Å². The summed E-state index contributed by atoms with van der Waals surface area (Å²) < 4.78 is 0. The molecular formula is C8H9Cl2NO4. The summed E-state index contributed by atoms with van der Waals surface area (Å²) in [7, 11) is 0. The Bertz CT molecular complexity index is 349. The third-order valence-corrected chi connectivity index (χ3v) is 1.45. The molecule has 0 bridgehead atoms. The smallest absolute Gasteiger partial charge is 0.335 e. The first-order valence-electron chi connectivity index (χ1n) is 3.38. The zero-order valence-corrected chi connectivity index (χ0v) is 8.97. The van der Waals surface area contributed by atoms with E-state index in [1.807, 2.05) is 0 Å². The van der Waals surface area contributed by atoms with Gasteiger partial charge in [0.05, 0.1) is 11.1 Å². The molecule has 15 heavy (non-hydrogen) atoms. The summed E-state index contributed by atoms with van der Waals surface area (Å²) in [5.74, 6) is -2.40. The molecule has 0 atom stereocenters. The van der Waals surface area contributed by atoms with Crippen molar-refractivity contribution in [2.45, 2.75) is 0 Å². The highest BCUT2D eigenvalue weighted by molar-refractivity contribution is 5.95. The number of carboxylic acids is 2. The first-order chi connectivity index (χ1) is 6.00. The Morgan fingerprint density at radius 3 is 1.53 bits per heavy atom. The molecule has 0 heterocycles. The number of rotatable bonds is 2. The molecule has 0 saturated heterocycles. The van der Waals surface area contributed by atoms with Crippen molar-refractivity contribution in [3.8, 4) is 0 Å². The highest BCUT2D eigenvalue weighted by Crippen LogP contribution is 2.11. The molecule has 0 radical (unpaired) electrons. The molecule has 4 N–H and O–H groups in total. The van der Waals surface area contributed by atoms with E-state index in [-0.39, 0.29) is 41.6 Å². The Hall–Kier alpha value is -1.46. The standard InChI is InChI=1S/C8H7NO4.2ClH/c9-6-2-4(7(10)11)1-5(3-6)8(12)13;;/h1-3H,9H2,(H,10,11)(H,12,13);2*1H. The number of carbonyl (C=O) groups is 2. The minimum Gasteiger partial charge on any atom is -0.478 e. The highest BCUT2D eigenvalue weighted by atomic mass is 35.5. The predicted molar refractivity (Wildman–Crippen MR) is 59.3 cm³/mol. The molecular weight excluding hydrogens is 245 g/mol. The van der Waals surface area contributed by atoms with E-state index in [4.69, 9.17) is 15.9 Å². The van der Waals surface area contributed by atoms with Crippen LogP contribution in [0.25, 0.3) is 0 Å². The summed E-state index contributed by atoms with van der Waals surface area (Å²) in [5.41, 5.74) is 5.18. The lowest BCUT2D eigenvalue weighted by atomic mass is 10.1. The van der Waals surface area contributed by atoms with Crippen molar-refractivity contribution in [2.75, 3.05) is 5.73 Å². The Morgan fingerprint density at radius 1 is 0.933 bits per heavy atom. The maximum absolute atomic E-state index is 10.5. The zero-order chi connectivity index (χ0) is 10.0. The van der Waals surface area contributed by atoms with Gasteiger partial charge in [0.2, 0.25) is 0 Å². The summed E-state index contributed by atoms with van der Waals surface area (Å²) in [4.78, 5) is 21.0. The second-order valence-electron chi connectivity index (χ2n) is 2.45. The van der Waals surface area contributed by atoms with E-state index in [1.165, 1.54) is 12.1 Å². The molecule has 1 aromatic rings. The summed E-state index contributed by atoms with van der Waals surface area (Å²) in [6, 6.07) is 3.46. The minimum atomic E-state index is -1.20. The van der Waals surface area contributed by atoms with E-state index >= 15 is 0 Å². The van der Waals surface area contributed by atoms with Crippen molar-refractivity contribution in [3.05, 3.63) is 29.3 Å². The van der Waals surface area contributed by atoms with E-state index in [2.05, 4.69) is 0 Å². The molecule has 0 amide bonds. The summed E-state index contributed by atoms with van der Waals surface area (Å²) >= 11 is 0. The predicted octanol–water partition coefficient (Wildman–Crippen LogP) is 1.51. The van der Waals surface area contributed by atoms with Crippen LogP contribution in [0.1, 0.15) is 20.7 Å². The van der Waals surface area contributed by atoms with Crippen LogP contribution in [0.5, 0.6) is 0 Å². The van der Waals surface area contributed by atoms with Crippen molar-refractivity contribution in [1.82, 2.24) is 0 Å². The zero-order valence-electron chi connectivity index (χ0n) is 7.34. The average Bonchev–Trinajstić information content (AvgIpc) is 2.03. The van der Waals surface area contributed by atoms with Gasteiger partial charge in [-0.1, -0.05) is 0 Å². The van der Waals surface area contributed by atoms with Gasteiger partial charge in [-0.15, -0.1) is 24.8 Å². The third kappa shape index (κ3) is 4.05. The number of aromatic carboxylic acids is 2. The van der Waals surface area contributed by atoms with Gasteiger partial charge in [0, 0.05) is 5.69 Å². The molecule has 0 fully saturated rings. The number of hydrogen-bond acceptors (Lipinski definition) is 3. The average molecular weight is 254 g/mol. The van der Waals surface area contributed by atoms with Crippen LogP contribution in [0.3, 0.4) is 0 Å². The number of anilines is 1. The molecule has 5 nitrogen and oxygen atoms in total. The molecule has 0 unspecified atom stereocenters. The van der Waals surface area contributed by atoms with Crippen LogP contribution < -0.4 is 5.73 Å². The van der Waals surface area contributed by atoms with Gasteiger partial charge < -0.3 is 15.9 Å². The molecule has 0 aromatic heterocycles. The largest absolute Gasteiger partial charge is 0.478 e. The fourth-order valence-corrected chi connectivity index (χ4v) is 0.899. The van der Waals surface area contributed by atoms with E-state index in [1.54, 1.807) is 0 Å². The van der Waals surface area contributed by atoms with E-state index in [9.17, 15) is 9.59 Å². The Kier molecular flexibility index (Phi) is 6.51. The van der Waals surface area contributed by atoms with Crippen LogP contribution in [0.4, 0.5) is 5.69 Å². The van der Waals surface area contributed by atoms with Crippen LogP contribution in [0.15, 0.2) is 18.2 Å². The SMILES string of the molecule is Cl.Cl.Nc1cc(C(=O)O)cc(C(=O)O)c1. The van der Waals surface area contributed by atoms with Crippen molar-refractivity contribution < 1.29 is 19.8 Å². The first-order valence-corrected chi connectivity index (χ1v) is 3.38. The summed E-state index contributed by atoms with van der Waals surface area (Å²) in [6.07, 6.45) is 0. The van der Waals surface area contributed by atoms with E-state index in [0.29, 0.717) is 0 Å². The topological polar surface area (TPSA) is 101 Å². The van der Waals surface area contributed by atoms with Crippen LogP contribution in [-0.2, 0) is 0 Å². The molecule has 84 valence electrons. The third-order valence-electron chi connectivity index (χ3n) is 1.45. The molecule has 0 aliphatic heterocycles. The monoisotopic (exact) mass is 253 g/mol. The van der Waals surface area contributed by atoms with Crippen LogP contribution in [0.2, 0.25) is 0 Å². The van der Waals surface area contributed by atoms with Gasteiger partial charge in [-0.25, -0.2) is 9.59 Å². The number of nitrogen functional groups attached to an aromatic ring is 1. The molecule has 0 aliphatic carbocycles. The number of nitrogens with two attached hydrogens (primary N) is 1. The number of benzene rings is 1. The number of hydrogen-bond donors (Lipinski definition) is 3. The molecule has 1 aromatic carbocycles. The van der Waals surface area contributed by atoms with Crippen LogP contribution in [-0.4, -0.2) is 22.2 Å². The molecule has 7 heteroatoms. The lowest BCUT2D eigenvalue weighted by Gasteiger charge is -1.99. The number of halogens is 2. The van der Waals surface area contributed by atoms with Crippen molar-refractivity contribution >= 4 is 42.4 Å². The lowest BCUT2D eigenvalue weighted by molar-refractivity contribution is 0.0696. The van der Waals surface area contributed by atoms with Gasteiger partial charge in [-0.05, 0) is 18.2 Å². The Balaban J connectivity index is 0. The molecule has 0 saturated carbocycles. The summed E-state index contributed by atoms with van der Waals surface area (Å²) in [6.45, 7) is 0. The molecule has 1 rings (SSSR count). The van der Waals surface area contributed by atoms with Gasteiger partial charge in [-0.2, -0.15) is 0 Å². The Morgan fingerprint density at radius 2 is 1.27 bits per heavy atom. The normalized spacial score (nSPS) is 8.27. The van der Waals surface area contributed by atoms with E-state index < -0.39 is 11.9 Å². The van der Waals surface area contributed by atoms with Crippen molar-refractivity contribution in [3.63, 3.8) is 0 Å². The maximum Gasteiger partial charge on any atom is 0.335 e. The fourth-order valence-electron chi connectivity index (χ4n) is 0.899. The van der Waals surface area contributed by atoms with E-state index in [0.717, 1.165) is 6.07 Å². The van der Waals surface area contributed by atoms with Gasteiger partial charge in [-0.3, -0.25) is 0 Å². The van der Waals surface area contributed by atoms with Gasteiger partial charge in [0.1, 0.15) is 0 Å². The minimum absolute atomic E-state index is 0. The second kappa shape index (κ2) is 6.10. The first kappa shape index (κ1) is 16.0. The quantitative estimate of drug-likeness (QED) is 0.694. The fraction of sp³-hybridized carbons (Fsp3) is 0. The van der Waals surface area contributed by atoms with Gasteiger partial charge in [0.25, 0.3) is 0 Å².